The molecule has 0 radical (unpaired) electrons. The van der Waals surface area contributed by atoms with E-state index in [-0.39, 0.29) is 11.4 Å². The molecule has 0 aliphatic heterocycles. The van der Waals surface area contributed by atoms with Crippen LogP contribution < -0.4 is 4.90 Å². The van der Waals surface area contributed by atoms with Crippen LogP contribution in [0.4, 0.5) is 10.1 Å². The van der Waals surface area contributed by atoms with Crippen LogP contribution in [0.1, 0.15) is 10.5 Å². The van der Waals surface area contributed by atoms with E-state index in [1.54, 1.807) is 12.1 Å². The highest BCUT2D eigenvalue weighted by molar-refractivity contribution is 6.04. The van der Waals surface area contributed by atoms with Gasteiger partial charge in [-0.25, -0.2) is 4.98 Å². The summed E-state index contributed by atoms with van der Waals surface area (Å²) < 4.78 is 12.9. The highest BCUT2D eigenvalue weighted by Gasteiger charge is 2.15. The lowest BCUT2D eigenvalue weighted by Crippen LogP contribution is -2.27. The van der Waals surface area contributed by atoms with E-state index in [1.165, 1.54) is 42.3 Å². The lowest BCUT2D eigenvalue weighted by molar-refractivity contribution is 0.0987. The molecular weight excluding hydrogens is 235 g/mol. The van der Waals surface area contributed by atoms with Gasteiger partial charge in [-0.15, -0.1) is 0 Å². The zero-order valence-corrected chi connectivity index (χ0v) is 9.67. The van der Waals surface area contributed by atoms with Crippen LogP contribution in [-0.4, -0.2) is 23.0 Å². The van der Waals surface area contributed by atoms with Gasteiger partial charge in [-0.05, 0) is 24.3 Å². The van der Waals surface area contributed by atoms with Crippen LogP contribution in [0.15, 0.2) is 42.5 Å². The first-order valence-corrected chi connectivity index (χ1v) is 5.27. The predicted octanol–water partition coefficient (Wildman–Crippen LogP) is 2.20. The predicted molar refractivity (Wildman–Crippen MR) is 65.0 cm³/mol. The number of hydrogen-bond acceptors (Lipinski definition) is 3. The van der Waals surface area contributed by atoms with Crippen LogP contribution in [0.3, 0.4) is 0 Å². The maximum atomic E-state index is 12.9. The van der Waals surface area contributed by atoms with E-state index in [0.717, 1.165) is 0 Å². The zero-order chi connectivity index (χ0) is 13.1. The molecular formula is C13H11FN2O2. The molecule has 0 bridgehead atoms. The second-order valence-electron chi connectivity index (χ2n) is 3.73. The summed E-state index contributed by atoms with van der Waals surface area (Å²) >= 11 is 0. The summed E-state index contributed by atoms with van der Waals surface area (Å²) in [6.07, 6.45) is 0. The summed E-state index contributed by atoms with van der Waals surface area (Å²) in [6.45, 7) is 0. The van der Waals surface area contributed by atoms with Crippen molar-refractivity contribution in [2.45, 2.75) is 0 Å². The number of halogens is 1. The maximum Gasteiger partial charge on any atom is 0.276 e. The monoisotopic (exact) mass is 246 g/mol. The molecule has 1 amide bonds. The molecule has 1 aromatic carbocycles. The standard InChI is InChI=1S/C13H11FN2O2/c1-16(9-4-2-5-10(17)8-9)13(18)11-6-3-7-12(14)15-11/h2-8,17H,1H3. The van der Waals surface area contributed by atoms with Crippen LogP contribution in [0.25, 0.3) is 0 Å². The largest absolute Gasteiger partial charge is 0.508 e. The number of pyridine rings is 1. The van der Waals surface area contributed by atoms with Gasteiger partial charge in [-0.1, -0.05) is 12.1 Å². The SMILES string of the molecule is CN(C(=O)c1cccc(F)n1)c1cccc(O)c1. The third-order valence-corrected chi connectivity index (χ3v) is 2.46. The number of rotatable bonds is 2. The van der Waals surface area contributed by atoms with Gasteiger partial charge in [-0.3, -0.25) is 4.79 Å². The maximum absolute atomic E-state index is 12.9. The fourth-order valence-corrected chi connectivity index (χ4v) is 1.52. The minimum atomic E-state index is -0.704. The van der Waals surface area contributed by atoms with Gasteiger partial charge >= 0.3 is 0 Å². The Morgan fingerprint density at radius 1 is 1.28 bits per heavy atom. The van der Waals surface area contributed by atoms with Gasteiger partial charge in [-0.2, -0.15) is 4.39 Å². The molecule has 2 aromatic rings. The van der Waals surface area contributed by atoms with E-state index in [9.17, 15) is 14.3 Å². The molecule has 92 valence electrons. The Balaban J connectivity index is 2.29. The van der Waals surface area contributed by atoms with Crippen LogP contribution in [0.2, 0.25) is 0 Å². The third kappa shape index (κ3) is 2.45. The number of hydrogen-bond donors (Lipinski definition) is 1. The smallest absolute Gasteiger partial charge is 0.276 e. The molecule has 4 nitrogen and oxygen atoms in total. The molecule has 2 rings (SSSR count). The number of amides is 1. The lowest BCUT2D eigenvalue weighted by Gasteiger charge is -2.16. The van der Waals surface area contributed by atoms with Gasteiger partial charge in [0.25, 0.3) is 5.91 Å². The van der Waals surface area contributed by atoms with E-state index in [0.29, 0.717) is 5.69 Å². The first-order chi connectivity index (χ1) is 8.58. The molecule has 5 heteroatoms. The highest BCUT2D eigenvalue weighted by atomic mass is 19.1. The van der Waals surface area contributed by atoms with Crippen molar-refractivity contribution in [1.29, 1.82) is 0 Å². The Bertz CT molecular complexity index is 587. The van der Waals surface area contributed by atoms with Crippen molar-refractivity contribution in [2.24, 2.45) is 0 Å². The topological polar surface area (TPSA) is 53.4 Å². The fraction of sp³-hybridized carbons (Fsp3) is 0.0769. The number of aromatic nitrogens is 1. The third-order valence-electron chi connectivity index (χ3n) is 2.46. The van der Waals surface area contributed by atoms with Crippen LogP contribution in [0, 0.1) is 5.95 Å². The summed E-state index contributed by atoms with van der Waals surface area (Å²) in [5, 5.41) is 9.34. The molecule has 0 saturated carbocycles. The van der Waals surface area contributed by atoms with Crippen molar-refractivity contribution in [3.8, 4) is 5.75 Å². The van der Waals surface area contributed by atoms with Crippen molar-refractivity contribution in [3.05, 3.63) is 54.1 Å². The second-order valence-corrected chi connectivity index (χ2v) is 3.73. The molecule has 0 spiro atoms. The number of carbonyl (C=O) groups excluding carboxylic acids is 1. The molecule has 18 heavy (non-hydrogen) atoms. The zero-order valence-electron chi connectivity index (χ0n) is 9.67. The summed E-state index contributed by atoms with van der Waals surface area (Å²) in [5.74, 6) is -1.09. The van der Waals surface area contributed by atoms with E-state index < -0.39 is 11.9 Å². The minimum absolute atomic E-state index is 0.0147. The van der Waals surface area contributed by atoms with E-state index >= 15 is 0 Å². The number of nitrogens with zero attached hydrogens (tertiary/aromatic N) is 2. The number of anilines is 1. The quantitative estimate of drug-likeness (QED) is 0.826. The van der Waals surface area contributed by atoms with E-state index in [4.69, 9.17) is 0 Å². The first-order valence-electron chi connectivity index (χ1n) is 5.27. The summed E-state index contributed by atoms with van der Waals surface area (Å²) in [7, 11) is 1.53. The van der Waals surface area contributed by atoms with E-state index in [2.05, 4.69) is 4.98 Å². The lowest BCUT2D eigenvalue weighted by atomic mass is 10.2. The molecule has 1 N–H and O–H groups in total. The average Bonchev–Trinajstić information content (AvgIpc) is 2.37. The number of benzene rings is 1. The average molecular weight is 246 g/mol. The van der Waals surface area contributed by atoms with Crippen LogP contribution in [0.5, 0.6) is 5.75 Å². The van der Waals surface area contributed by atoms with Crippen molar-refractivity contribution in [2.75, 3.05) is 11.9 Å². The van der Waals surface area contributed by atoms with Crippen molar-refractivity contribution in [3.63, 3.8) is 0 Å². The number of phenolic OH excluding ortho intramolecular Hbond substituents is 1. The Morgan fingerprint density at radius 2 is 2.00 bits per heavy atom. The van der Waals surface area contributed by atoms with Crippen LogP contribution >= 0.6 is 0 Å². The molecule has 0 fully saturated rings. The van der Waals surface area contributed by atoms with Gasteiger partial charge in [0.1, 0.15) is 11.4 Å². The van der Waals surface area contributed by atoms with Gasteiger partial charge < -0.3 is 10.0 Å². The summed E-state index contributed by atoms with van der Waals surface area (Å²) in [4.78, 5) is 16.8. The van der Waals surface area contributed by atoms with Gasteiger partial charge in [0, 0.05) is 18.8 Å². The number of carbonyl (C=O) groups is 1. The highest BCUT2D eigenvalue weighted by Crippen LogP contribution is 2.20. The molecule has 0 unspecified atom stereocenters. The van der Waals surface area contributed by atoms with Crippen LogP contribution in [-0.2, 0) is 0 Å². The second kappa shape index (κ2) is 4.83. The summed E-state index contributed by atoms with van der Waals surface area (Å²) in [5.41, 5.74) is 0.520. The normalized spacial score (nSPS) is 10.1. The minimum Gasteiger partial charge on any atom is -0.508 e. The Hall–Kier alpha value is -2.43. The number of phenols is 1. The van der Waals surface area contributed by atoms with Crippen molar-refractivity contribution < 1.29 is 14.3 Å². The fourth-order valence-electron chi connectivity index (χ4n) is 1.52. The van der Waals surface area contributed by atoms with Crippen molar-refractivity contribution in [1.82, 2.24) is 4.98 Å². The molecule has 0 aliphatic carbocycles. The molecule has 1 aromatic heterocycles. The Labute approximate surface area is 103 Å². The van der Waals surface area contributed by atoms with Gasteiger partial charge in [0.15, 0.2) is 0 Å². The number of aromatic hydroxyl groups is 1. The Kier molecular flexibility index (Phi) is 3.23. The molecule has 0 atom stereocenters. The first kappa shape index (κ1) is 12.0. The molecule has 0 aliphatic rings. The Morgan fingerprint density at radius 3 is 2.67 bits per heavy atom. The van der Waals surface area contributed by atoms with Gasteiger partial charge in [0.2, 0.25) is 5.95 Å². The summed E-state index contributed by atoms with van der Waals surface area (Å²) in [6, 6.07) is 10.3. The van der Waals surface area contributed by atoms with E-state index in [1.807, 2.05) is 0 Å². The van der Waals surface area contributed by atoms with Gasteiger partial charge in [0.05, 0.1) is 0 Å². The van der Waals surface area contributed by atoms with Crippen molar-refractivity contribution >= 4 is 11.6 Å². The molecule has 1 heterocycles. The molecule has 0 saturated heterocycles.